The zero-order valence-corrected chi connectivity index (χ0v) is 12.9. The number of benzene rings is 1. The van der Waals surface area contributed by atoms with Crippen molar-refractivity contribution in [1.82, 2.24) is 10.3 Å². The van der Waals surface area contributed by atoms with Crippen LogP contribution in [0.2, 0.25) is 0 Å². The van der Waals surface area contributed by atoms with E-state index in [0.29, 0.717) is 0 Å². The highest BCUT2D eigenvalue weighted by molar-refractivity contribution is 9.10. The summed E-state index contributed by atoms with van der Waals surface area (Å²) in [5.41, 5.74) is 5.44. The topological polar surface area (TPSA) is 28.2 Å². The summed E-state index contributed by atoms with van der Waals surface area (Å²) in [4.78, 5) is 6.50. The van der Waals surface area contributed by atoms with E-state index in [-0.39, 0.29) is 0 Å². The molecule has 0 bridgehead atoms. The van der Waals surface area contributed by atoms with Crippen LogP contribution in [0.5, 0.6) is 0 Å². The van der Waals surface area contributed by atoms with Crippen LogP contribution in [-0.2, 0) is 13.1 Å². The van der Waals surface area contributed by atoms with E-state index in [0.717, 1.165) is 23.3 Å². The fourth-order valence-electron chi connectivity index (χ4n) is 1.76. The third-order valence-corrected chi connectivity index (χ3v) is 4.10. The van der Waals surface area contributed by atoms with Gasteiger partial charge in [-0.05, 0) is 24.7 Å². The summed E-state index contributed by atoms with van der Waals surface area (Å²) in [7, 11) is 4.04. The van der Waals surface area contributed by atoms with Crippen LogP contribution in [0.1, 0.15) is 11.3 Å². The van der Waals surface area contributed by atoms with Gasteiger partial charge in [-0.2, -0.15) is 0 Å². The average molecular weight is 326 g/mol. The Kier molecular flexibility index (Phi) is 4.74. The Labute approximate surface area is 120 Å². The van der Waals surface area contributed by atoms with Crippen molar-refractivity contribution in [2.45, 2.75) is 13.1 Å². The minimum atomic E-state index is 0.835. The van der Waals surface area contributed by atoms with Crippen LogP contribution in [0.15, 0.2) is 33.6 Å². The molecule has 18 heavy (non-hydrogen) atoms. The maximum atomic E-state index is 4.31. The minimum absolute atomic E-state index is 0.835. The van der Waals surface area contributed by atoms with Crippen molar-refractivity contribution < 1.29 is 0 Å². The summed E-state index contributed by atoms with van der Waals surface area (Å²) in [6.07, 6.45) is 0. The zero-order chi connectivity index (χ0) is 13.0. The number of thiazole rings is 1. The Morgan fingerprint density at radius 1 is 1.44 bits per heavy atom. The van der Waals surface area contributed by atoms with Gasteiger partial charge in [0.15, 0.2) is 0 Å². The maximum Gasteiger partial charge on any atom is 0.0795 e. The van der Waals surface area contributed by atoms with Crippen LogP contribution in [-0.4, -0.2) is 19.1 Å². The summed E-state index contributed by atoms with van der Waals surface area (Å²) in [5.74, 6) is 0. The van der Waals surface area contributed by atoms with E-state index in [1.165, 1.54) is 11.3 Å². The predicted octanol–water partition coefficient (Wildman–Crippen LogP) is 3.26. The molecule has 0 saturated carbocycles. The van der Waals surface area contributed by atoms with Gasteiger partial charge in [0.05, 0.1) is 17.7 Å². The van der Waals surface area contributed by atoms with Gasteiger partial charge in [-0.3, -0.25) is 0 Å². The second kappa shape index (κ2) is 6.31. The van der Waals surface area contributed by atoms with E-state index in [1.807, 2.05) is 12.6 Å². The summed E-state index contributed by atoms with van der Waals surface area (Å²) in [6, 6.07) is 6.44. The van der Waals surface area contributed by atoms with Crippen LogP contribution in [0.25, 0.3) is 0 Å². The maximum absolute atomic E-state index is 4.31. The molecule has 2 aromatic rings. The summed E-state index contributed by atoms with van der Waals surface area (Å²) in [5, 5.41) is 5.24. The van der Waals surface area contributed by atoms with E-state index in [2.05, 4.69) is 61.8 Å². The molecule has 1 heterocycles. The molecule has 1 aromatic carbocycles. The number of nitrogens with zero attached hydrogens (tertiary/aromatic N) is 2. The van der Waals surface area contributed by atoms with Crippen molar-refractivity contribution in [2.75, 3.05) is 19.0 Å². The lowest BCUT2D eigenvalue weighted by Gasteiger charge is -2.19. The largest absolute Gasteiger partial charge is 0.369 e. The van der Waals surface area contributed by atoms with E-state index < -0.39 is 0 Å². The molecule has 0 amide bonds. The molecule has 0 atom stereocenters. The lowest BCUT2D eigenvalue weighted by atomic mass is 10.2. The van der Waals surface area contributed by atoms with Gasteiger partial charge >= 0.3 is 0 Å². The number of aromatic nitrogens is 1. The Balaban J connectivity index is 2.11. The molecule has 0 unspecified atom stereocenters. The highest BCUT2D eigenvalue weighted by atomic mass is 79.9. The van der Waals surface area contributed by atoms with Gasteiger partial charge in [-0.1, -0.05) is 22.0 Å². The Morgan fingerprint density at radius 2 is 2.28 bits per heavy atom. The highest BCUT2D eigenvalue weighted by Gasteiger charge is 2.06. The van der Waals surface area contributed by atoms with Crippen LogP contribution in [0, 0.1) is 0 Å². The standard InChI is InChI=1S/C13H16BrN3S/c1-15-6-10-3-4-12(5-13(10)14)17(2)7-11-8-18-9-16-11/h3-5,8-9,15H,6-7H2,1-2H3. The van der Waals surface area contributed by atoms with Crippen LogP contribution in [0.3, 0.4) is 0 Å². The van der Waals surface area contributed by atoms with Gasteiger partial charge in [0, 0.05) is 29.1 Å². The monoisotopic (exact) mass is 325 g/mol. The number of anilines is 1. The number of halogens is 1. The fraction of sp³-hybridized carbons (Fsp3) is 0.308. The first-order valence-electron chi connectivity index (χ1n) is 5.72. The predicted molar refractivity (Wildman–Crippen MR) is 81.1 cm³/mol. The van der Waals surface area contributed by atoms with Gasteiger partial charge < -0.3 is 10.2 Å². The molecule has 96 valence electrons. The lowest BCUT2D eigenvalue weighted by Crippen LogP contribution is -2.16. The van der Waals surface area contributed by atoms with Gasteiger partial charge in [-0.15, -0.1) is 11.3 Å². The van der Waals surface area contributed by atoms with Crippen molar-refractivity contribution in [3.8, 4) is 0 Å². The highest BCUT2D eigenvalue weighted by Crippen LogP contribution is 2.24. The molecular formula is C13H16BrN3S. The third-order valence-electron chi connectivity index (χ3n) is 2.73. The number of rotatable bonds is 5. The van der Waals surface area contributed by atoms with E-state index in [4.69, 9.17) is 0 Å². The summed E-state index contributed by atoms with van der Waals surface area (Å²) < 4.78 is 1.14. The van der Waals surface area contributed by atoms with Crippen LogP contribution in [0.4, 0.5) is 5.69 Å². The number of hydrogen-bond acceptors (Lipinski definition) is 4. The molecule has 0 aliphatic rings. The van der Waals surface area contributed by atoms with Crippen molar-refractivity contribution in [2.24, 2.45) is 0 Å². The lowest BCUT2D eigenvalue weighted by molar-refractivity contribution is 0.813. The van der Waals surface area contributed by atoms with Gasteiger partial charge in [0.25, 0.3) is 0 Å². The second-order valence-electron chi connectivity index (χ2n) is 4.14. The summed E-state index contributed by atoms with van der Waals surface area (Å²) >= 11 is 5.25. The first-order valence-corrected chi connectivity index (χ1v) is 7.45. The van der Waals surface area contributed by atoms with Crippen molar-refractivity contribution in [1.29, 1.82) is 0 Å². The first kappa shape index (κ1) is 13.5. The Morgan fingerprint density at radius 3 is 2.89 bits per heavy atom. The van der Waals surface area contributed by atoms with Crippen molar-refractivity contribution >= 4 is 33.0 Å². The van der Waals surface area contributed by atoms with E-state index in [9.17, 15) is 0 Å². The molecule has 0 spiro atoms. The van der Waals surface area contributed by atoms with Crippen LogP contribution >= 0.6 is 27.3 Å². The molecule has 5 heteroatoms. The number of hydrogen-bond donors (Lipinski definition) is 1. The molecule has 0 fully saturated rings. The quantitative estimate of drug-likeness (QED) is 0.914. The summed E-state index contributed by atoms with van der Waals surface area (Å²) in [6.45, 7) is 1.71. The van der Waals surface area contributed by atoms with Crippen molar-refractivity contribution in [3.63, 3.8) is 0 Å². The Bertz CT molecular complexity index is 499. The molecule has 3 nitrogen and oxygen atoms in total. The van der Waals surface area contributed by atoms with Crippen molar-refractivity contribution in [3.05, 3.63) is 44.8 Å². The SMILES string of the molecule is CNCc1ccc(N(C)Cc2cscn2)cc1Br. The Hall–Kier alpha value is -0.910. The minimum Gasteiger partial charge on any atom is -0.369 e. The zero-order valence-electron chi connectivity index (χ0n) is 10.5. The molecule has 1 N–H and O–H groups in total. The average Bonchev–Trinajstić information content (AvgIpc) is 2.84. The normalized spacial score (nSPS) is 10.6. The molecule has 0 aliphatic heterocycles. The molecule has 0 aliphatic carbocycles. The van der Waals surface area contributed by atoms with Crippen LogP contribution < -0.4 is 10.2 Å². The molecular weight excluding hydrogens is 310 g/mol. The van der Waals surface area contributed by atoms with Gasteiger partial charge in [-0.25, -0.2) is 4.98 Å². The fourth-order valence-corrected chi connectivity index (χ4v) is 2.81. The smallest absolute Gasteiger partial charge is 0.0795 e. The third kappa shape index (κ3) is 3.31. The first-order chi connectivity index (χ1) is 8.70. The second-order valence-corrected chi connectivity index (χ2v) is 5.71. The van der Waals surface area contributed by atoms with E-state index in [1.54, 1.807) is 11.3 Å². The molecule has 0 saturated heterocycles. The number of nitrogens with one attached hydrogen (secondary N) is 1. The molecule has 2 rings (SSSR count). The molecule has 0 radical (unpaired) electrons. The molecule has 1 aromatic heterocycles. The van der Waals surface area contributed by atoms with Gasteiger partial charge in [0.1, 0.15) is 0 Å². The van der Waals surface area contributed by atoms with E-state index >= 15 is 0 Å². The van der Waals surface area contributed by atoms with Gasteiger partial charge in [0.2, 0.25) is 0 Å².